The van der Waals surface area contributed by atoms with Crippen molar-refractivity contribution < 1.29 is 29.2 Å². The molecule has 0 heterocycles. The number of Topliss-reactive ketones (excluding diaryl/α,β-unsaturated/α-hetero) is 1. The van der Waals surface area contributed by atoms with Crippen LogP contribution in [-0.2, 0) is 9.59 Å². The number of aliphatic carboxylic acids is 1. The lowest BCUT2D eigenvalue weighted by Crippen LogP contribution is -2.16. The molecule has 112 valence electrons. The van der Waals surface area contributed by atoms with Crippen molar-refractivity contribution in [1.82, 2.24) is 0 Å². The summed E-state index contributed by atoms with van der Waals surface area (Å²) in [6.45, 7) is 2.51. The van der Waals surface area contributed by atoms with Gasteiger partial charge in [0.15, 0.2) is 5.78 Å². The molecule has 1 N–H and O–H groups in total. The van der Waals surface area contributed by atoms with E-state index in [9.17, 15) is 24.5 Å². The van der Waals surface area contributed by atoms with Crippen LogP contribution in [0.1, 0.15) is 30.6 Å². The van der Waals surface area contributed by atoms with Gasteiger partial charge in [-0.1, -0.05) is 6.92 Å². The standard InChI is InChI=1S/C13H13NO7/c1-7(5-12(16)17)13(18)9-3-4-10(14(19)20)11(6-9)21-8(2)15/h3-4,6-7H,5H2,1-2H3,(H,16,17). The van der Waals surface area contributed by atoms with Crippen LogP contribution in [0.25, 0.3) is 0 Å². The molecule has 0 aliphatic carbocycles. The predicted octanol–water partition coefficient (Wildman–Crippen LogP) is 1.81. The fourth-order valence-electron chi connectivity index (χ4n) is 1.69. The van der Waals surface area contributed by atoms with E-state index < -0.39 is 34.3 Å². The highest BCUT2D eigenvalue weighted by Crippen LogP contribution is 2.29. The molecule has 8 nitrogen and oxygen atoms in total. The van der Waals surface area contributed by atoms with Crippen LogP contribution in [-0.4, -0.2) is 27.8 Å². The van der Waals surface area contributed by atoms with Crippen molar-refractivity contribution in [3.05, 3.63) is 33.9 Å². The van der Waals surface area contributed by atoms with Gasteiger partial charge in [0.2, 0.25) is 5.75 Å². The van der Waals surface area contributed by atoms with Crippen molar-refractivity contribution in [2.45, 2.75) is 20.3 Å². The van der Waals surface area contributed by atoms with Crippen molar-refractivity contribution in [1.29, 1.82) is 0 Å². The molecule has 0 aliphatic heterocycles. The normalized spacial score (nSPS) is 11.5. The van der Waals surface area contributed by atoms with Crippen molar-refractivity contribution >= 4 is 23.4 Å². The molecule has 0 saturated heterocycles. The van der Waals surface area contributed by atoms with E-state index in [1.165, 1.54) is 13.0 Å². The zero-order valence-corrected chi connectivity index (χ0v) is 11.4. The third-order valence-electron chi connectivity index (χ3n) is 2.62. The summed E-state index contributed by atoms with van der Waals surface area (Å²) in [6, 6.07) is 3.31. The van der Waals surface area contributed by atoms with Crippen LogP contribution in [0.2, 0.25) is 0 Å². The Balaban J connectivity index is 3.15. The number of nitro benzene ring substituents is 1. The number of ketones is 1. The third kappa shape index (κ3) is 4.37. The van der Waals surface area contributed by atoms with Crippen LogP contribution < -0.4 is 4.74 Å². The van der Waals surface area contributed by atoms with E-state index in [4.69, 9.17) is 9.84 Å². The number of carboxylic acid groups (broad SMARTS) is 1. The highest BCUT2D eigenvalue weighted by atomic mass is 16.6. The van der Waals surface area contributed by atoms with Gasteiger partial charge in [-0.3, -0.25) is 24.5 Å². The minimum absolute atomic E-state index is 0.0469. The molecule has 0 spiro atoms. The summed E-state index contributed by atoms with van der Waals surface area (Å²) in [5.74, 6) is -3.53. The summed E-state index contributed by atoms with van der Waals surface area (Å²) in [7, 11) is 0. The van der Waals surface area contributed by atoms with Crippen LogP contribution in [0.5, 0.6) is 5.75 Å². The lowest BCUT2D eigenvalue weighted by molar-refractivity contribution is -0.385. The van der Waals surface area contributed by atoms with Crippen molar-refractivity contribution in [3.8, 4) is 5.75 Å². The van der Waals surface area contributed by atoms with Crippen LogP contribution in [0.15, 0.2) is 18.2 Å². The molecule has 1 aromatic rings. The zero-order chi connectivity index (χ0) is 16.2. The molecule has 0 fully saturated rings. The van der Waals surface area contributed by atoms with Gasteiger partial charge in [-0.15, -0.1) is 0 Å². The number of ether oxygens (including phenoxy) is 1. The van der Waals surface area contributed by atoms with E-state index in [2.05, 4.69) is 0 Å². The minimum atomic E-state index is -1.13. The minimum Gasteiger partial charge on any atom is -0.481 e. The first-order valence-electron chi connectivity index (χ1n) is 5.95. The summed E-state index contributed by atoms with van der Waals surface area (Å²) in [5, 5.41) is 19.5. The summed E-state index contributed by atoms with van der Waals surface area (Å²) in [5.41, 5.74) is -0.404. The fraction of sp³-hybridized carbons (Fsp3) is 0.308. The van der Waals surface area contributed by atoms with E-state index in [1.807, 2.05) is 0 Å². The number of carbonyl (C=O) groups is 3. The van der Waals surface area contributed by atoms with E-state index in [0.717, 1.165) is 19.1 Å². The second-order valence-electron chi connectivity index (χ2n) is 4.40. The van der Waals surface area contributed by atoms with E-state index in [-0.39, 0.29) is 17.7 Å². The molecular weight excluding hydrogens is 282 g/mol. The monoisotopic (exact) mass is 295 g/mol. The number of rotatable bonds is 6. The van der Waals surface area contributed by atoms with Gasteiger partial charge in [-0.25, -0.2) is 0 Å². The number of carboxylic acids is 1. The van der Waals surface area contributed by atoms with Crippen molar-refractivity contribution in [2.75, 3.05) is 0 Å². The summed E-state index contributed by atoms with van der Waals surface area (Å²) in [6.07, 6.45) is -0.362. The van der Waals surface area contributed by atoms with E-state index >= 15 is 0 Å². The largest absolute Gasteiger partial charge is 0.481 e. The van der Waals surface area contributed by atoms with Crippen molar-refractivity contribution in [2.24, 2.45) is 5.92 Å². The second kappa shape index (κ2) is 6.60. The number of carbonyl (C=O) groups excluding carboxylic acids is 2. The summed E-state index contributed by atoms with van der Waals surface area (Å²) < 4.78 is 4.71. The molecular formula is C13H13NO7. The molecule has 1 unspecified atom stereocenters. The second-order valence-corrected chi connectivity index (χ2v) is 4.40. The summed E-state index contributed by atoms with van der Waals surface area (Å²) >= 11 is 0. The SMILES string of the molecule is CC(=O)Oc1cc(C(=O)C(C)CC(=O)O)ccc1[N+](=O)[O-]. The number of nitro groups is 1. The number of hydrogen-bond donors (Lipinski definition) is 1. The van der Waals surface area contributed by atoms with Gasteiger partial charge in [0.05, 0.1) is 11.3 Å². The Bertz CT molecular complexity index is 609. The molecule has 0 aromatic heterocycles. The topological polar surface area (TPSA) is 124 Å². The van der Waals surface area contributed by atoms with Crippen molar-refractivity contribution in [3.63, 3.8) is 0 Å². The van der Waals surface area contributed by atoms with Crippen LogP contribution in [0, 0.1) is 16.0 Å². The lowest BCUT2D eigenvalue weighted by atomic mass is 9.96. The van der Waals surface area contributed by atoms with Gasteiger partial charge in [-0.05, 0) is 12.1 Å². The van der Waals surface area contributed by atoms with Gasteiger partial charge < -0.3 is 9.84 Å². The van der Waals surface area contributed by atoms with Gasteiger partial charge >= 0.3 is 17.6 Å². The van der Waals surface area contributed by atoms with Crippen LogP contribution >= 0.6 is 0 Å². The van der Waals surface area contributed by atoms with E-state index in [0.29, 0.717) is 0 Å². The summed E-state index contributed by atoms with van der Waals surface area (Å²) in [4.78, 5) is 43.6. The molecule has 0 aliphatic rings. The van der Waals surface area contributed by atoms with Gasteiger partial charge in [0.25, 0.3) is 0 Å². The average Bonchev–Trinajstić information content (AvgIpc) is 2.35. The highest BCUT2D eigenvalue weighted by molar-refractivity contribution is 5.99. The smallest absolute Gasteiger partial charge is 0.311 e. The molecule has 0 bridgehead atoms. The van der Waals surface area contributed by atoms with E-state index in [1.54, 1.807) is 0 Å². The maximum absolute atomic E-state index is 12.0. The first-order valence-corrected chi connectivity index (χ1v) is 5.95. The molecule has 1 atom stereocenters. The maximum Gasteiger partial charge on any atom is 0.311 e. The maximum atomic E-state index is 12.0. The zero-order valence-electron chi connectivity index (χ0n) is 11.4. The predicted molar refractivity (Wildman–Crippen MR) is 70.2 cm³/mol. The molecule has 21 heavy (non-hydrogen) atoms. The Kier molecular flexibility index (Phi) is 5.12. The third-order valence-corrected chi connectivity index (χ3v) is 2.62. The van der Waals surface area contributed by atoms with Crippen LogP contribution in [0.3, 0.4) is 0 Å². The molecule has 1 aromatic carbocycles. The Morgan fingerprint density at radius 3 is 2.48 bits per heavy atom. The number of hydrogen-bond acceptors (Lipinski definition) is 6. The molecule has 8 heteroatoms. The average molecular weight is 295 g/mol. The fourth-order valence-corrected chi connectivity index (χ4v) is 1.69. The number of nitrogens with zero attached hydrogens (tertiary/aromatic N) is 1. The van der Waals surface area contributed by atoms with Gasteiger partial charge in [-0.2, -0.15) is 0 Å². The Labute approximate surface area is 119 Å². The number of esters is 1. The first kappa shape index (κ1) is 16.3. The molecule has 0 saturated carbocycles. The lowest BCUT2D eigenvalue weighted by Gasteiger charge is -2.09. The van der Waals surface area contributed by atoms with Gasteiger partial charge in [0, 0.05) is 24.5 Å². The molecule has 0 amide bonds. The quantitative estimate of drug-likeness (QED) is 0.279. The van der Waals surface area contributed by atoms with Gasteiger partial charge in [0.1, 0.15) is 0 Å². The molecule has 0 radical (unpaired) electrons. The Morgan fingerprint density at radius 1 is 1.38 bits per heavy atom. The Morgan fingerprint density at radius 2 is 2.00 bits per heavy atom. The van der Waals surface area contributed by atoms with Crippen LogP contribution in [0.4, 0.5) is 5.69 Å². The Hall–Kier alpha value is -2.77. The highest BCUT2D eigenvalue weighted by Gasteiger charge is 2.23. The molecule has 1 rings (SSSR count). The number of benzene rings is 1. The first-order chi connectivity index (χ1) is 9.72.